The second-order valence-corrected chi connectivity index (χ2v) is 4.91. The molecule has 0 saturated heterocycles. The number of hydrogen-bond acceptors (Lipinski definition) is 3. The van der Waals surface area contributed by atoms with Crippen molar-refractivity contribution in [3.8, 4) is 0 Å². The van der Waals surface area contributed by atoms with Gasteiger partial charge in [-0.05, 0) is 26.3 Å². The zero-order valence-electron chi connectivity index (χ0n) is 13.0. The molecule has 0 rings (SSSR count). The number of hydrogen-bond donors (Lipinski definition) is 3. The molecule has 19 heavy (non-hydrogen) atoms. The first-order valence-electron chi connectivity index (χ1n) is 7.42. The molecule has 1 amide bonds. The largest absolute Gasteiger partial charge is 0.392 e. The number of rotatable bonds is 11. The molecule has 4 nitrogen and oxygen atoms in total. The third-order valence-corrected chi connectivity index (χ3v) is 3.25. The summed E-state index contributed by atoms with van der Waals surface area (Å²) in [6, 6.07) is 0.533. The summed E-state index contributed by atoms with van der Waals surface area (Å²) in [4.78, 5) is 10.7. The minimum absolute atomic E-state index is 0.0662. The predicted molar refractivity (Wildman–Crippen MR) is 82.1 cm³/mol. The van der Waals surface area contributed by atoms with Gasteiger partial charge in [-0.2, -0.15) is 0 Å². The van der Waals surface area contributed by atoms with Gasteiger partial charge in [0.05, 0.1) is 0 Å². The van der Waals surface area contributed by atoms with Crippen molar-refractivity contribution in [3.05, 3.63) is 11.8 Å². The molecule has 0 spiro atoms. The van der Waals surface area contributed by atoms with Crippen LogP contribution in [0.5, 0.6) is 0 Å². The van der Waals surface area contributed by atoms with Gasteiger partial charge in [0, 0.05) is 38.7 Å². The lowest BCUT2D eigenvalue weighted by Gasteiger charge is -2.18. The number of carbonyl (C=O) groups excluding carboxylic acids is 1. The van der Waals surface area contributed by atoms with Gasteiger partial charge in [-0.15, -0.1) is 0 Å². The molecule has 0 fully saturated rings. The summed E-state index contributed by atoms with van der Waals surface area (Å²) >= 11 is 0. The highest BCUT2D eigenvalue weighted by Gasteiger charge is 2.07. The first-order chi connectivity index (χ1) is 9.13. The highest BCUT2D eigenvalue weighted by molar-refractivity contribution is 5.72. The Bertz CT molecular complexity index is 264. The molecule has 0 aromatic heterocycles. The van der Waals surface area contributed by atoms with Crippen LogP contribution < -0.4 is 16.0 Å². The van der Waals surface area contributed by atoms with Gasteiger partial charge in [0.2, 0.25) is 5.91 Å². The quantitative estimate of drug-likeness (QED) is 0.504. The van der Waals surface area contributed by atoms with Crippen LogP contribution in [0.3, 0.4) is 0 Å². The van der Waals surface area contributed by atoms with Crippen molar-refractivity contribution < 1.29 is 4.79 Å². The van der Waals surface area contributed by atoms with Gasteiger partial charge in [0.1, 0.15) is 0 Å². The molecule has 112 valence electrons. The summed E-state index contributed by atoms with van der Waals surface area (Å²) in [5, 5.41) is 9.48. The van der Waals surface area contributed by atoms with Crippen LogP contribution in [0.25, 0.3) is 0 Å². The van der Waals surface area contributed by atoms with Crippen molar-refractivity contribution in [3.63, 3.8) is 0 Å². The lowest BCUT2D eigenvalue weighted by atomic mass is 10.0. The van der Waals surface area contributed by atoms with E-state index in [4.69, 9.17) is 0 Å². The average Bonchev–Trinajstić information content (AvgIpc) is 2.39. The van der Waals surface area contributed by atoms with E-state index in [0.29, 0.717) is 6.04 Å². The molecule has 0 radical (unpaired) electrons. The Hall–Kier alpha value is -1.03. The van der Waals surface area contributed by atoms with Crippen molar-refractivity contribution in [2.45, 2.75) is 58.4 Å². The number of amides is 1. The second-order valence-electron chi connectivity index (χ2n) is 4.91. The van der Waals surface area contributed by atoms with Crippen LogP contribution in [0.4, 0.5) is 0 Å². The maximum atomic E-state index is 10.7. The summed E-state index contributed by atoms with van der Waals surface area (Å²) < 4.78 is 0. The van der Waals surface area contributed by atoms with E-state index < -0.39 is 0 Å². The fourth-order valence-electron chi connectivity index (χ4n) is 2.10. The Morgan fingerprint density at radius 2 is 1.95 bits per heavy atom. The summed E-state index contributed by atoms with van der Waals surface area (Å²) in [7, 11) is 4.02. The van der Waals surface area contributed by atoms with E-state index in [1.54, 1.807) is 6.92 Å². The molecule has 0 bridgehead atoms. The van der Waals surface area contributed by atoms with E-state index in [1.165, 1.54) is 25.0 Å². The van der Waals surface area contributed by atoms with Gasteiger partial charge >= 0.3 is 0 Å². The number of allylic oxidation sites excluding steroid dienone is 1. The number of nitrogens with one attached hydrogen (secondary N) is 3. The lowest BCUT2D eigenvalue weighted by Crippen LogP contribution is -2.28. The minimum Gasteiger partial charge on any atom is -0.392 e. The van der Waals surface area contributed by atoms with Gasteiger partial charge in [0.25, 0.3) is 0 Å². The Labute approximate surface area is 118 Å². The standard InChI is InChI=1S/C15H31N3O/c1-5-9-14(16-3)12-15(17-4)10-7-6-8-11-18-13(2)19/h9,15-17H,5-8,10-12H2,1-4H3,(H,18,19)/b14-9-. The average molecular weight is 269 g/mol. The molecule has 3 N–H and O–H groups in total. The Morgan fingerprint density at radius 1 is 1.21 bits per heavy atom. The molecule has 0 aliphatic heterocycles. The molecular weight excluding hydrogens is 238 g/mol. The Balaban J connectivity index is 3.75. The fourth-order valence-corrected chi connectivity index (χ4v) is 2.10. The van der Waals surface area contributed by atoms with E-state index in [2.05, 4.69) is 29.0 Å². The summed E-state index contributed by atoms with van der Waals surface area (Å²) in [6.07, 6.45) is 9.01. The van der Waals surface area contributed by atoms with Crippen molar-refractivity contribution in [2.24, 2.45) is 0 Å². The summed E-state index contributed by atoms with van der Waals surface area (Å²) in [5.74, 6) is 0.0662. The van der Waals surface area contributed by atoms with Crippen molar-refractivity contribution in [2.75, 3.05) is 20.6 Å². The normalized spacial score (nSPS) is 13.2. The summed E-state index contributed by atoms with van der Waals surface area (Å²) in [5.41, 5.74) is 1.32. The number of carbonyl (C=O) groups is 1. The molecule has 0 saturated carbocycles. The third-order valence-electron chi connectivity index (χ3n) is 3.25. The molecule has 0 aromatic rings. The molecule has 4 heteroatoms. The zero-order chi connectivity index (χ0) is 14.5. The highest BCUT2D eigenvalue weighted by atomic mass is 16.1. The molecule has 0 aliphatic carbocycles. The summed E-state index contributed by atoms with van der Waals surface area (Å²) in [6.45, 7) is 4.53. The monoisotopic (exact) mass is 269 g/mol. The first kappa shape index (κ1) is 18.0. The van der Waals surface area contributed by atoms with Gasteiger partial charge in [0.15, 0.2) is 0 Å². The topological polar surface area (TPSA) is 53.2 Å². The van der Waals surface area contributed by atoms with E-state index in [0.717, 1.165) is 25.8 Å². The van der Waals surface area contributed by atoms with Crippen LogP contribution in [0.15, 0.2) is 11.8 Å². The second kappa shape index (κ2) is 12.0. The van der Waals surface area contributed by atoms with Crippen LogP contribution in [-0.4, -0.2) is 32.6 Å². The molecule has 0 heterocycles. The smallest absolute Gasteiger partial charge is 0.216 e. The van der Waals surface area contributed by atoms with Gasteiger partial charge in [-0.3, -0.25) is 4.79 Å². The van der Waals surface area contributed by atoms with Gasteiger partial charge in [-0.1, -0.05) is 25.8 Å². The Morgan fingerprint density at radius 3 is 2.47 bits per heavy atom. The maximum absolute atomic E-state index is 10.7. The van der Waals surface area contributed by atoms with Crippen LogP contribution in [0.2, 0.25) is 0 Å². The van der Waals surface area contributed by atoms with E-state index in [-0.39, 0.29) is 5.91 Å². The zero-order valence-corrected chi connectivity index (χ0v) is 13.0. The van der Waals surface area contributed by atoms with Gasteiger partial charge < -0.3 is 16.0 Å². The number of unbranched alkanes of at least 4 members (excludes halogenated alkanes) is 2. The SMILES string of the molecule is CC/C=C(/CC(CCCCCNC(C)=O)NC)NC. The third kappa shape index (κ3) is 10.6. The maximum Gasteiger partial charge on any atom is 0.216 e. The van der Waals surface area contributed by atoms with Gasteiger partial charge in [-0.25, -0.2) is 0 Å². The van der Waals surface area contributed by atoms with Crippen LogP contribution in [0, 0.1) is 0 Å². The van der Waals surface area contributed by atoms with Crippen LogP contribution >= 0.6 is 0 Å². The van der Waals surface area contributed by atoms with Crippen molar-refractivity contribution in [1.29, 1.82) is 0 Å². The van der Waals surface area contributed by atoms with Crippen molar-refractivity contribution in [1.82, 2.24) is 16.0 Å². The van der Waals surface area contributed by atoms with Crippen LogP contribution in [-0.2, 0) is 4.79 Å². The first-order valence-corrected chi connectivity index (χ1v) is 7.42. The van der Waals surface area contributed by atoms with E-state index >= 15 is 0 Å². The van der Waals surface area contributed by atoms with E-state index in [9.17, 15) is 4.79 Å². The minimum atomic E-state index is 0.0662. The molecule has 1 atom stereocenters. The predicted octanol–water partition coefficient (Wildman–Crippen LogP) is 2.17. The fraction of sp³-hybridized carbons (Fsp3) is 0.800. The van der Waals surface area contributed by atoms with Crippen molar-refractivity contribution >= 4 is 5.91 Å². The molecule has 0 aliphatic rings. The highest BCUT2D eigenvalue weighted by Crippen LogP contribution is 2.10. The molecule has 1 unspecified atom stereocenters. The molecule has 0 aromatic carbocycles. The van der Waals surface area contributed by atoms with Crippen LogP contribution in [0.1, 0.15) is 52.4 Å². The van der Waals surface area contributed by atoms with E-state index in [1.807, 2.05) is 14.1 Å². The molecular formula is C15H31N3O. The Kier molecular flexibility index (Phi) is 11.4. The lowest BCUT2D eigenvalue weighted by molar-refractivity contribution is -0.118.